The van der Waals surface area contributed by atoms with Crippen LogP contribution in [0.25, 0.3) is 0 Å². The lowest BCUT2D eigenvalue weighted by Gasteiger charge is -2.05. The van der Waals surface area contributed by atoms with Gasteiger partial charge in [0.25, 0.3) is 5.91 Å². The molecule has 0 aliphatic heterocycles. The van der Waals surface area contributed by atoms with Crippen LogP contribution < -0.4 is 5.32 Å². The van der Waals surface area contributed by atoms with Crippen LogP contribution in [0.5, 0.6) is 0 Å². The summed E-state index contributed by atoms with van der Waals surface area (Å²) in [7, 11) is 0. The minimum Gasteiger partial charge on any atom is -0.268 e. The molecule has 0 aromatic carbocycles. The molecule has 1 aromatic rings. The summed E-state index contributed by atoms with van der Waals surface area (Å²) in [5.74, 6) is -1.04. The van der Waals surface area contributed by atoms with Crippen molar-refractivity contribution >= 4 is 5.91 Å². The van der Waals surface area contributed by atoms with Crippen molar-refractivity contribution in [1.82, 2.24) is 10.3 Å². The van der Waals surface area contributed by atoms with E-state index in [1.54, 1.807) is 29.6 Å². The van der Waals surface area contributed by atoms with Gasteiger partial charge in [0, 0.05) is 0 Å². The van der Waals surface area contributed by atoms with E-state index in [0.717, 1.165) is 0 Å². The van der Waals surface area contributed by atoms with Crippen molar-refractivity contribution in [2.75, 3.05) is 0 Å². The molecule has 1 amide bonds. The van der Waals surface area contributed by atoms with Gasteiger partial charge in [0.1, 0.15) is 29.8 Å². The second kappa shape index (κ2) is 5.41. The molecule has 86 valence electrons. The molecule has 0 aliphatic carbocycles. The smallest absolute Gasteiger partial charge is 0.268 e. The fraction of sp³-hybridized carbons (Fsp3) is 0. The predicted molar refractivity (Wildman–Crippen MR) is 56.2 cm³/mol. The molecule has 0 aliphatic rings. The first kappa shape index (κ1) is 13.1. The van der Waals surface area contributed by atoms with Crippen molar-refractivity contribution in [3.63, 3.8) is 0 Å². The summed E-state index contributed by atoms with van der Waals surface area (Å²) in [5, 5.41) is 45.6. The minimum atomic E-state index is -1.04. The maximum absolute atomic E-state index is 11.6. The fourth-order valence-electron chi connectivity index (χ4n) is 1.30. The molecular weight excluding hydrogens is 246 g/mol. The Bertz CT molecular complexity index is 774. The summed E-state index contributed by atoms with van der Waals surface area (Å²) in [6.07, 6.45) is 1.34. The molecule has 1 heterocycles. The van der Waals surface area contributed by atoms with Crippen molar-refractivity contribution in [2.45, 2.75) is 0 Å². The van der Waals surface area contributed by atoms with Crippen LogP contribution in [-0.2, 0) is 0 Å². The molecule has 0 unspecified atom stereocenters. The van der Waals surface area contributed by atoms with Crippen LogP contribution in [0.3, 0.4) is 0 Å². The van der Waals surface area contributed by atoms with E-state index in [1.807, 2.05) is 0 Å². The number of amides is 1. The molecule has 8 nitrogen and oxygen atoms in total. The van der Waals surface area contributed by atoms with E-state index in [4.69, 9.17) is 26.3 Å². The summed E-state index contributed by atoms with van der Waals surface area (Å²) in [4.78, 5) is 15.1. The number of nitrogens with one attached hydrogen (secondary N) is 1. The maximum Gasteiger partial charge on any atom is 0.268 e. The fourth-order valence-corrected chi connectivity index (χ4v) is 1.30. The third-order valence-electron chi connectivity index (χ3n) is 2.03. The molecule has 8 heteroatoms. The van der Waals surface area contributed by atoms with Gasteiger partial charge in [0.15, 0.2) is 17.6 Å². The van der Waals surface area contributed by atoms with E-state index in [2.05, 4.69) is 4.98 Å². The van der Waals surface area contributed by atoms with Crippen LogP contribution >= 0.6 is 0 Å². The standard InChI is InChI=1S/C11HN7O/c12-1-6-7(2-13)10(11(19)17-5-16)9(4-15)18-8(6)3-14/h(H,17,19). The summed E-state index contributed by atoms with van der Waals surface area (Å²) in [6.45, 7) is 0. The SMILES string of the molecule is N#CNC(=O)c1c(C#N)nc(C#N)c(C#N)c1C#N. The van der Waals surface area contributed by atoms with Gasteiger partial charge in [0.05, 0.1) is 11.1 Å². The van der Waals surface area contributed by atoms with Crippen molar-refractivity contribution in [1.29, 1.82) is 26.3 Å². The van der Waals surface area contributed by atoms with Crippen LogP contribution in [0.1, 0.15) is 32.9 Å². The summed E-state index contributed by atoms with van der Waals surface area (Å²) < 4.78 is 0. The lowest BCUT2D eigenvalue weighted by molar-refractivity contribution is 0.0972. The van der Waals surface area contributed by atoms with Crippen molar-refractivity contribution < 1.29 is 4.79 Å². The molecule has 1 aromatic heterocycles. The predicted octanol–water partition coefficient (Wildman–Crippen LogP) is -0.221. The number of nitriles is 5. The molecule has 19 heavy (non-hydrogen) atoms. The van der Waals surface area contributed by atoms with Crippen molar-refractivity contribution in [3.8, 4) is 30.5 Å². The Morgan fingerprint density at radius 2 is 1.47 bits per heavy atom. The van der Waals surface area contributed by atoms with Crippen molar-refractivity contribution in [2.24, 2.45) is 0 Å². The van der Waals surface area contributed by atoms with E-state index in [9.17, 15) is 4.79 Å². The Balaban J connectivity index is 3.85. The van der Waals surface area contributed by atoms with Gasteiger partial charge in [-0.15, -0.1) is 0 Å². The number of aromatic nitrogens is 1. The van der Waals surface area contributed by atoms with E-state index in [0.29, 0.717) is 0 Å². The summed E-state index contributed by atoms with van der Waals surface area (Å²) in [5.41, 5.74) is -2.29. The monoisotopic (exact) mass is 247 g/mol. The Morgan fingerprint density at radius 3 is 1.89 bits per heavy atom. The van der Waals surface area contributed by atoms with Crippen LogP contribution in [-0.4, -0.2) is 10.9 Å². The lowest BCUT2D eigenvalue weighted by Crippen LogP contribution is -2.22. The molecule has 1 N–H and O–H groups in total. The highest BCUT2D eigenvalue weighted by Gasteiger charge is 2.24. The Hall–Kier alpha value is -3.93. The summed E-state index contributed by atoms with van der Waals surface area (Å²) in [6, 6.07) is 6.25. The van der Waals surface area contributed by atoms with Gasteiger partial charge >= 0.3 is 0 Å². The van der Waals surface area contributed by atoms with Gasteiger partial charge in [-0.1, -0.05) is 0 Å². The minimum absolute atomic E-state index is 0.410. The number of rotatable bonds is 1. The van der Waals surface area contributed by atoms with Crippen molar-refractivity contribution in [3.05, 3.63) is 28.1 Å². The second-order valence-electron chi connectivity index (χ2n) is 2.95. The van der Waals surface area contributed by atoms with E-state index in [-0.39, 0.29) is 0 Å². The topological polar surface area (TPSA) is 161 Å². The molecule has 0 spiro atoms. The van der Waals surface area contributed by atoms with Crippen LogP contribution in [0.15, 0.2) is 0 Å². The first-order valence-corrected chi connectivity index (χ1v) is 4.52. The molecule has 0 saturated heterocycles. The second-order valence-corrected chi connectivity index (χ2v) is 2.95. The molecule has 0 atom stereocenters. The number of nitrogens with zero attached hydrogens (tertiary/aromatic N) is 6. The lowest BCUT2D eigenvalue weighted by atomic mass is 9.99. The quantitative estimate of drug-likeness (QED) is 0.529. The third kappa shape index (κ3) is 2.12. The number of carbonyl (C=O) groups is 1. The highest BCUT2D eigenvalue weighted by atomic mass is 16.1. The average Bonchev–Trinajstić information content (AvgIpc) is 2.44. The van der Waals surface area contributed by atoms with E-state index < -0.39 is 34.0 Å². The largest absolute Gasteiger partial charge is 0.268 e. The number of hydrogen-bond donors (Lipinski definition) is 1. The average molecular weight is 247 g/mol. The number of carbonyl (C=O) groups excluding carboxylic acids is 1. The third-order valence-corrected chi connectivity index (χ3v) is 2.03. The van der Waals surface area contributed by atoms with Gasteiger partial charge in [0.2, 0.25) is 0 Å². The first-order chi connectivity index (χ1) is 9.14. The molecule has 0 bridgehead atoms. The summed E-state index contributed by atoms with van der Waals surface area (Å²) >= 11 is 0. The molecule has 0 radical (unpaired) electrons. The van der Waals surface area contributed by atoms with E-state index >= 15 is 0 Å². The zero-order chi connectivity index (χ0) is 14.4. The number of hydrogen-bond acceptors (Lipinski definition) is 7. The Morgan fingerprint density at radius 1 is 0.895 bits per heavy atom. The molecular formula is C11HN7O. The highest BCUT2D eigenvalue weighted by molar-refractivity contribution is 6.00. The zero-order valence-electron chi connectivity index (χ0n) is 9.09. The molecule has 0 fully saturated rings. The Labute approximate surface area is 107 Å². The van der Waals surface area contributed by atoms with Gasteiger partial charge in [-0.3, -0.25) is 10.1 Å². The van der Waals surface area contributed by atoms with Crippen LogP contribution in [0.2, 0.25) is 0 Å². The first-order valence-electron chi connectivity index (χ1n) is 4.52. The van der Waals surface area contributed by atoms with Crippen LogP contribution in [0, 0.1) is 56.8 Å². The maximum atomic E-state index is 11.6. The normalized spacial score (nSPS) is 7.95. The zero-order valence-corrected chi connectivity index (χ0v) is 9.09. The van der Waals surface area contributed by atoms with Gasteiger partial charge < -0.3 is 0 Å². The van der Waals surface area contributed by atoms with E-state index in [1.165, 1.54) is 6.19 Å². The Kier molecular flexibility index (Phi) is 3.74. The van der Waals surface area contributed by atoms with Crippen LogP contribution in [0.4, 0.5) is 0 Å². The molecule has 1 rings (SSSR count). The molecule has 0 saturated carbocycles. The van der Waals surface area contributed by atoms with Gasteiger partial charge in [-0.05, 0) is 0 Å². The van der Waals surface area contributed by atoms with Gasteiger partial charge in [-0.2, -0.15) is 26.3 Å². The highest BCUT2D eigenvalue weighted by Crippen LogP contribution is 2.19. The number of pyridine rings is 1. The van der Waals surface area contributed by atoms with Gasteiger partial charge in [-0.25, -0.2) is 4.98 Å².